The number of rotatable bonds is 3. The van der Waals surface area contributed by atoms with Crippen molar-refractivity contribution < 1.29 is 14.3 Å². The van der Waals surface area contributed by atoms with Gasteiger partial charge in [0.15, 0.2) is 0 Å². The number of carbonyl (C=O) groups excluding carboxylic acids is 2. The summed E-state index contributed by atoms with van der Waals surface area (Å²) in [5, 5.41) is 1.06. The molecule has 0 saturated carbocycles. The lowest BCUT2D eigenvalue weighted by Gasteiger charge is -2.35. The number of ether oxygens (including phenoxy) is 1. The third-order valence-electron chi connectivity index (χ3n) is 6.09. The van der Waals surface area contributed by atoms with Crippen molar-refractivity contribution >= 4 is 28.7 Å². The Hall–Kier alpha value is -2.70. The molecule has 7 heteroatoms. The molecule has 1 unspecified atom stereocenters. The number of likely N-dealkylation sites (tertiary alicyclic amines) is 1. The molecule has 2 aromatic rings. The number of methoxy groups -OCH3 is 1. The molecule has 2 fully saturated rings. The minimum Gasteiger partial charge on any atom is -0.467 e. The van der Waals surface area contributed by atoms with E-state index in [0.717, 1.165) is 48.0 Å². The fourth-order valence-electron chi connectivity index (χ4n) is 4.53. The Kier molecular flexibility index (Phi) is 5.39. The number of hydrogen-bond acceptors (Lipinski definition) is 6. The topological polar surface area (TPSA) is 75.6 Å². The first-order valence-electron chi connectivity index (χ1n) is 10.4. The molecule has 2 aliphatic heterocycles. The molecule has 0 N–H and O–H groups in total. The Morgan fingerprint density at radius 2 is 1.90 bits per heavy atom. The molecule has 4 rings (SSSR count). The second kappa shape index (κ2) is 7.97. The van der Waals surface area contributed by atoms with E-state index in [0.29, 0.717) is 25.5 Å². The fraction of sp³-hybridized carbons (Fsp3) is 0.545. The zero-order chi connectivity index (χ0) is 20.5. The van der Waals surface area contributed by atoms with Crippen molar-refractivity contribution in [1.82, 2.24) is 14.9 Å². The summed E-state index contributed by atoms with van der Waals surface area (Å²) in [5.74, 6) is 0.276. The smallest absolute Gasteiger partial charge is 0.328 e. The first-order chi connectivity index (χ1) is 14.0. The van der Waals surface area contributed by atoms with E-state index in [2.05, 4.69) is 30.0 Å². The van der Waals surface area contributed by atoms with Crippen molar-refractivity contribution in [3.05, 3.63) is 29.5 Å². The number of hydrogen-bond donors (Lipinski definition) is 0. The van der Waals surface area contributed by atoms with Gasteiger partial charge in [0.2, 0.25) is 11.9 Å². The van der Waals surface area contributed by atoms with Gasteiger partial charge >= 0.3 is 5.97 Å². The van der Waals surface area contributed by atoms with Gasteiger partial charge in [0.05, 0.1) is 24.2 Å². The van der Waals surface area contributed by atoms with Gasteiger partial charge in [0, 0.05) is 25.0 Å². The van der Waals surface area contributed by atoms with Crippen molar-refractivity contribution in [1.29, 1.82) is 0 Å². The Morgan fingerprint density at radius 3 is 2.69 bits per heavy atom. The monoisotopic (exact) mass is 396 g/mol. The number of fused-ring (bicyclic) bond motifs is 1. The van der Waals surface area contributed by atoms with E-state index < -0.39 is 6.04 Å². The standard InChI is InChI=1S/C22H28N4O3/c1-14-8-9-17-15(2)23-22(24-18(17)12-14)25-10-4-6-16(13-25)20(27)26-11-5-7-19(26)21(28)29-3/h8-9,12,16,19H,4-7,10-11,13H2,1-3H3/t16?,19-/m0/s1. The summed E-state index contributed by atoms with van der Waals surface area (Å²) in [6, 6.07) is 5.77. The molecular formula is C22H28N4O3. The van der Waals surface area contributed by atoms with E-state index in [-0.39, 0.29) is 17.8 Å². The van der Waals surface area contributed by atoms with Crippen molar-refractivity contribution in [2.75, 3.05) is 31.6 Å². The fourth-order valence-corrected chi connectivity index (χ4v) is 4.53. The maximum absolute atomic E-state index is 13.2. The highest BCUT2D eigenvalue weighted by atomic mass is 16.5. The van der Waals surface area contributed by atoms with Gasteiger partial charge in [0.25, 0.3) is 0 Å². The molecule has 2 saturated heterocycles. The average Bonchev–Trinajstić information content (AvgIpc) is 3.22. The van der Waals surface area contributed by atoms with Crippen LogP contribution in [0.4, 0.5) is 5.95 Å². The zero-order valence-corrected chi connectivity index (χ0v) is 17.4. The van der Waals surface area contributed by atoms with E-state index in [4.69, 9.17) is 14.7 Å². The van der Waals surface area contributed by atoms with Crippen LogP contribution in [0.3, 0.4) is 0 Å². The number of carbonyl (C=O) groups is 2. The number of esters is 1. The average molecular weight is 396 g/mol. The summed E-state index contributed by atoms with van der Waals surface area (Å²) in [7, 11) is 1.38. The quantitative estimate of drug-likeness (QED) is 0.743. The molecule has 0 radical (unpaired) electrons. The van der Waals surface area contributed by atoms with Crippen LogP contribution in [-0.4, -0.2) is 59.5 Å². The molecule has 3 heterocycles. The number of aryl methyl sites for hydroxylation is 2. The van der Waals surface area contributed by atoms with Crippen LogP contribution in [0.5, 0.6) is 0 Å². The summed E-state index contributed by atoms with van der Waals surface area (Å²) in [6.07, 6.45) is 3.25. The number of benzene rings is 1. The maximum atomic E-state index is 13.2. The molecule has 0 aliphatic carbocycles. The largest absolute Gasteiger partial charge is 0.467 e. The zero-order valence-electron chi connectivity index (χ0n) is 17.4. The Morgan fingerprint density at radius 1 is 1.10 bits per heavy atom. The van der Waals surface area contributed by atoms with Gasteiger partial charge in [-0.3, -0.25) is 4.79 Å². The molecule has 0 spiro atoms. The normalized spacial score (nSPS) is 22.2. The molecule has 7 nitrogen and oxygen atoms in total. The molecule has 1 amide bonds. The SMILES string of the molecule is COC(=O)[C@@H]1CCCN1C(=O)C1CCCN(c2nc(C)c3ccc(C)cc3n2)C1. The molecule has 2 aliphatic rings. The van der Waals surface area contributed by atoms with Crippen LogP contribution in [0.2, 0.25) is 0 Å². The third kappa shape index (κ3) is 3.78. The lowest BCUT2D eigenvalue weighted by atomic mass is 9.96. The van der Waals surface area contributed by atoms with Crippen LogP contribution in [0, 0.1) is 19.8 Å². The number of aromatic nitrogens is 2. The predicted molar refractivity (Wildman–Crippen MR) is 111 cm³/mol. The van der Waals surface area contributed by atoms with Crippen molar-refractivity contribution in [2.45, 2.75) is 45.6 Å². The summed E-state index contributed by atoms with van der Waals surface area (Å²) < 4.78 is 4.89. The van der Waals surface area contributed by atoms with E-state index in [1.807, 2.05) is 6.92 Å². The highest BCUT2D eigenvalue weighted by molar-refractivity contribution is 5.87. The second-order valence-electron chi connectivity index (χ2n) is 8.13. The molecule has 2 atom stereocenters. The molecular weight excluding hydrogens is 368 g/mol. The molecule has 154 valence electrons. The van der Waals surface area contributed by atoms with Crippen LogP contribution >= 0.6 is 0 Å². The lowest BCUT2D eigenvalue weighted by molar-refractivity contribution is -0.152. The minimum atomic E-state index is -0.440. The van der Waals surface area contributed by atoms with Gasteiger partial charge in [0.1, 0.15) is 6.04 Å². The maximum Gasteiger partial charge on any atom is 0.328 e. The second-order valence-corrected chi connectivity index (χ2v) is 8.13. The van der Waals surface area contributed by atoms with Gasteiger partial charge < -0.3 is 14.5 Å². The van der Waals surface area contributed by atoms with Gasteiger partial charge in [-0.05, 0) is 51.2 Å². The molecule has 1 aromatic carbocycles. The number of anilines is 1. The van der Waals surface area contributed by atoms with Gasteiger partial charge in [-0.1, -0.05) is 12.1 Å². The van der Waals surface area contributed by atoms with Crippen LogP contribution < -0.4 is 4.90 Å². The molecule has 1 aromatic heterocycles. The first kappa shape index (κ1) is 19.6. The summed E-state index contributed by atoms with van der Waals surface area (Å²) in [4.78, 5) is 38.6. The van der Waals surface area contributed by atoms with E-state index in [1.54, 1.807) is 4.90 Å². The highest BCUT2D eigenvalue weighted by Gasteiger charge is 2.39. The van der Waals surface area contributed by atoms with Crippen molar-refractivity contribution in [3.8, 4) is 0 Å². The Bertz CT molecular complexity index is 945. The van der Waals surface area contributed by atoms with Crippen LogP contribution in [0.1, 0.15) is 36.9 Å². The van der Waals surface area contributed by atoms with Gasteiger partial charge in [-0.2, -0.15) is 0 Å². The van der Waals surface area contributed by atoms with Crippen LogP contribution in [-0.2, 0) is 14.3 Å². The molecule has 29 heavy (non-hydrogen) atoms. The number of nitrogens with zero attached hydrogens (tertiary/aromatic N) is 4. The minimum absolute atomic E-state index is 0.0518. The van der Waals surface area contributed by atoms with Crippen molar-refractivity contribution in [2.24, 2.45) is 5.92 Å². The predicted octanol–water partition coefficient (Wildman–Crippen LogP) is 2.63. The molecule has 0 bridgehead atoms. The Balaban J connectivity index is 1.55. The Labute approximate surface area is 171 Å². The van der Waals surface area contributed by atoms with Crippen LogP contribution in [0.25, 0.3) is 10.9 Å². The number of piperidine rings is 1. The summed E-state index contributed by atoms with van der Waals surface area (Å²) in [6.45, 7) is 6.10. The highest BCUT2D eigenvalue weighted by Crippen LogP contribution is 2.28. The van der Waals surface area contributed by atoms with Gasteiger partial charge in [-0.25, -0.2) is 14.8 Å². The van der Waals surface area contributed by atoms with E-state index in [9.17, 15) is 9.59 Å². The van der Waals surface area contributed by atoms with Crippen molar-refractivity contribution in [3.63, 3.8) is 0 Å². The first-order valence-corrected chi connectivity index (χ1v) is 10.4. The van der Waals surface area contributed by atoms with E-state index >= 15 is 0 Å². The van der Waals surface area contributed by atoms with Gasteiger partial charge in [-0.15, -0.1) is 0 Å². The van der Waals surface area contributed by atoms with Crippen LogP contribution in [0.15, 0.2) is 18.2 Å². The van der Waals surface area contributed by atoms with E-state index in [1.165, 1.54) is 7.11 Å². The lowest BCUT2D eigenvalue weighted by Crippen LogP contribution is -2.48. The summed E-state index contributed by atoms with van der Waals surface area (Å²) >= 11 is 0. The number of amides is 1. The third-order valence-corrected chi connectivity index (χ3v) is 6.09. The summed E-state index contributed by atoms with van der Waals surface area (Å²) in [5.41, 5.74) is 3.05.